The van der Waals surface area contributed by atoms with Gasteiger partial charge in [-0.25, -0.2) is 0 Å². The molecule has 1 amide bonds. The molecule has 14 heavy (non-hydrogen) atoms. The van der Waals surface area contributed by atoms with Crippen LogP contribution >= 0.6 is 0 Å². The molecule has 0 spiro atoms. The second-order valence-corrected chi connectivity index (χ2v) is 4.64. The zero-order valence-corrected chi connectivity index (χ0v) is 9.76. The first kappa shape index (κ1) is 11.5. The number of amides is 1. The van der Waals surface area contributed by atoms with Crippen molar-refractivity contribution in [1.29, 1.82) is 0 Å². The highest BCUT2D eigenvalue weighted by Gasteiger charge is 2.35. The standard InChI is InChI=1S/C11H22N2O/c1-5-11(2,3)13-8-6-7-9(12-4)10(13)14/h9,12H,5-8H2,1-4H3. The zero-order chi connectivity index (χ0) is 10.8. The first-order valence-corrected chi connectivity index (χ1v) is 5.51. The number of likely N-dealkylation sites (tertiary alicyclic amines) is 1. The van der Waals surface area contributed by atoms with E-state index in [2.05, 4.69) is 26.1 Å². The van der Waals surface area contributed by atoms with Crippen LogP contribution in [0, 0.1) is 0 Å². The molecule has 0 bridgehead atoms. The predicted molar refractivity (Wildman–Crippen MR) is 58.2 cm³/mol. The van der Waals surface area contributed by atoms with Gasteiger partial charge in [-0.15, -0.1) is 0 Å². The maximum absolute atomic E-state index is 12.0. The number of carbonyl (C=O) groups is 1. The molecule has 0 saturated carbocycles. The van der Waals surface area contributed by atoms with E-state index in [0.29, 0.717) is 0 Å². The molecule has 3 nitrogen and oxygen atoms in total. The summed E-state index contributed by atoms with van der Waals surface area (Å²) in [5.74, 6) is 0.269. The van der Waals surface area contributed by atoms with E-state index in [1.165, 1.54) is 0 Å². The Morgan fingerprint density at radius 1 is 1.57 bits per heavy atom. The van der Waals surface area contributed by atoms with Gasteiger partial charge in [0.2, 0.25) is 5.91 Å². The summed E-state index contributed by atoms with van der Waals surface area (Å²) in [4.78, 5) is 14.1. The van der Waals surface area contributed by atoms with Crippen LogP contribution in [-0.4, -0.2) is 36.0 Å². The lowest BCUT2D eigenvalue weighted by atomic mass is 9.94. The van der Waals surface area contributed by atoms with Crippen LogP contribution in [0.4, 0.5) is 0 Å². The van der Waals surface area contributed by atoms with Crippen LogP contribution in [0.3, 0.4) is 0 Å². The van der Waals surface area contributed by atoms with E-state index < -0.39 is 0 Å². The van der Waals surface area contributed by atoms with Gasteiger partial charge in [0.25, 0.3) is 0 Å². The Labute approximate surface area is 86.9 Å². The van der Waals surface area contributed by atoms with Crippen molar-refractivity contribution in [3.05, 3.63) is 0 Å². The fourth-order valence-electron chi connectivity index (χ4n) is 1.93. The van der Waals surface area contributed by atoms with Crippen LogP contribution < -0.4 is 5.32 Å². The third-order valence-electron chi connectivity index (χ3n) is 3.38. The van der Waals surface area contributed by atoms with Crippen molar-refractivity contribution in [1.82, 2.24) is 10.2 Å². The van der Waals surface area contributed by atoms with Crippen LogP contribution in [0.25, 0.3) is 0 Å². The lowest BCUT2D eigenvalue weighted by molar-refractivity contribution is -0.141. The monoisotopic (exact) mass is 198 g/mol. The van der Waals surface area contributed by atoms with E-state index in [-0.39, 0.29) is 17.5 Å². The summed E-state index contributed by atoms with van der Waals surface area (Å²) in [6.45, 7) is 7.33. The highest BCUT2D eigenvalue weighted by molar-refractivity contribution is 5.83. The summed E-state index contributed by atoms with van der Waals surface area (Å²) in [5, 5.41) is 3.09. The Balaban J connectivity index is 2.74. The Bertz CT molecular complexity index is 213. The van der Waals surface area contributed by atoms with Gasteiger partial charge in [0.05, 0.1) is 6.04 Å². The van der Waals surface area contributed by atoms with Gasteiger partial charge in [-0.05, 0) is 40.2 Å². The minimum atomic E-state index is 0.00655. The molecule has 0 aliphatic carbocycles. The third-order valence-corrected chi connectivity index (χ3v) is 3.38. The van der Waals surface area contributed by atoms with Crippen LogP contribution in [0.5, 0.6) is 0 Å². The normalized spacial score (nSPS) is 24.1. The maximum Gasteiger partial charge on any atom is 0.240 e. The summed E-state index contributed by atoms with van der Waals surface area (Å²) >= 11 is 0. The Hall–Kier alpha value is -0.570. The van der Waals surface area contributed by atoms with Gasteiger partial charge in [-0.2, -0.15) is 0 Å². The fraction of sp³-hybridized carbons (Fsp3) is 0.909. The van der Waals surface area contributed by atoms with E-state index in [9.17, 15) is 4.79 Å². The SMILES string of the molecule is CCC(C)(C)N1CCCC(NC)C1=O. The summed E-state index contributed by atoms with van der Waals surface area (Å²) in [7, 11) is 1.87. The van der Waals surface area contributed by atoms with Gasteiger partial charge in [0.1, 0.15) is 0 Å². The second-order valence-electron chi connectivity index (χ2n) is 4.64. The highest BCUT2D eigenvalue weighted by Crippen LogP contribution is 2.24. The van der Waals surface area contributed by atoms with Gasteiger partial charge in [0, 0.05) is 12.1 Å². The molecule has 1 N–H and O–H groups in total. The fourth-order valence-corrected chi connectivity index (χ4v) is 1.93. The molecule has 1 aliphatic rings. The van der Waals surface area contributed by atoms with Gasteiger partial charge in [-0.3, -0.25) is 4.79 Å². The summed E-state index contributed by atoms with van der Waals surface area (Å²) in [6, 6.07) is 0.0366. The lowest BCUT2D eigenvalue weighted by Crippen LogP contribution is -2.57. The maximum atomic E-state index is 12.0. The van der Waals surface area contributed by atoms with Gasteiger partial charge in [0.15, 0.2) is 0 Å². The smallest absolute Gasteiger partial charge is 0.240 e. The molecule has 0 radical (unpaired) electrons. The number of nitrogens with one attached hydrogen (secondary N) is 1. The van der Waals surface area contributed by atoms with E-state index >= 15 is 0 Å². The number of hydrogen-bond donors (Lipinski definition) is 1. The van der Waals surface area contributed by atoms with Gasteiger partial charge >= 0.3 is 0 Å². The molecule has 1 saturated heterocycles. The van der Waals surface area contributed by atoms with E-state index in [0.717, 1.165) is 25.8 Å². The predicted octanol–water partition coefficient (Wildman–Crippen LogP) is 1.39. The van der Waals surface area contributed by atoms with Crippen molar-refractivity contribution in [2.45, 2.75) is 51.6 Å². The number of carbonyl (C=O) groups excluding carboxylic acids is 1. The minimum absolute atomic E-state index is 0.00655. The minimum Gasteiger partial charge on any atom is -0.336 e. The van der Waals surface area contributed by atoms with E-state index in [1.54, 1.807) is 0 Å². The molecular formula is C11H22N2O. The number of nitrogens with zero attached hydrogens (tertiary/aromatic N) is 1. The van der Waals surface area contributed by atoms with Crippen molar-refractivity contribution in [2.75, 3.05) is 13.6 Å². The topological polar surface area (TPSA) is 32.3 Å². The van der Waals surface area contributed by atoms with Crippen LogP contribution in [0.15, 0.2) is 0 Å². The van der Waals surface area contributed by atoms with Gasteiger partial charge in [-0.1, -0.05) is 6.92 Å². The third kappa shape index (κ3) is 2.08. The van der Waals surface area contributed by atoms with Crippen molar-refractivity contribution in [3.8, 4) is 0 Å². The quantitative estimate of drug-likeness (QED) is 0.743. The first-order valence-electron chi connectivity index (χ1n) is 5.51. The van der Waals surface area contributed by atoms with Crippen LogP contribution in [-0.2, 0) is 4.79 Å². The Kier molecular flexibility index (Phi) is 3.53. The van der Waals surface area contributed by atoms with E-state index in [4.69, 9.17) is 0 Å². The molecule has 3 heteroatoms. The molecule has 1 unspecified atom stereocenters. The van der Waals surface area contributed by atoms with Crippen molar-refractivity contribution in [2.24, 2.45) is 0 Å². The Morgan fingerprint density at radius 3 is 2.71 bits per heavy atom. The molecule has 1 aliphatic heterocycles. The van der Waals surface area contributed by atoms with Crippen LogP contribution in [0.1, 0.15) is 40.0 Å². The van der Waals surface area contributed by atoms with Crippen molar-refractivity contribution < 1.29 is 4.79 Å². The average molecular weight is 198 g/mol. The molecule has 0 aromatic carbocycles. The molecule has 0 aromatic rings. The summed E-state index contributed by atoms with van der Waals surface area (Å²) in [6.07, 6.45) is 3.10. The summed E-state index contributed by atoms with van der Waals surface area (Å²) < 4.78 is 0. The number of hydrogen-bond acceptors (Lipinski definition) is 2. The van der Waals surface area contributed by atoms with Crippen LogP contribution in [0.2, 0.25) is 0 Å². The Morgan fingerprint density at radius 2 is 2.21 bits per heavy atom. The van der Waals surface area contributed by atoms with E-state index in [1.807, 2.05) is 11.9 Å². The number of piperidine rings is 1. The average Bonchev–Trinajstić information content (AvgIpc) is 2.18. The number of rotatable bonds is 3. The van der Waals surface area contributed by atoms with Crippen molar-refractivity contribution >= 4 is 5.91 Å². The summed E-state index contributed by atoms with van der Waals surface area (Å²) in [5.41, 5.74) is 0.00655. The molecular weight excluding hydrogens is 176 g/mol. The molecule has 1 heterocycles. The molecule has 1 atom stereocenters. The molecule has 1 fully saturated rings. The van der Waals surface area contributed by atoms with Crippen molar-refractivity contribution in [3.63, 3.8) is 0 Å². The number of likely N-dealkylation sites (N-methyl/N-ethyl adjacent to an activating group) is 1. The lowest BCUT2D eigenvalue weighted by Gasteiger charge is -2.43. The highest BCUT2D eigenvalue weighted by atomic mass is 16.2. The largest absolute Gasteiger partial charge is 0.336 e. The van der Waals surface area contributed by atoms with Gasteiger partial charge < -0.3 is 10.2 Å². The molecule has 0 aromatic heterocycles. The first-order chi connectivity index (χ1) is 6.53. The molecule has 82 valence electrons. The molecule has 1 rings (SSSR count). The zero-order valence-electron chi connectivity index (χ0n) is 9.76. The second kappa shape index (κ2) is 4.30.